The maximum atomic E-state index is 5.73. The quantitative estimate of drug-likeness (QED) is 0.606. The molecule has 0 saturated carbocycles. The lowest BCUT2D eigenvalue weighted by Crippen LogP contribution is -2.28. The highest BCUT2D eigenvalue weighted by molar-refractivity contribution is 4.88. The Balaban J connectivity index is 0.000000671. The van der Waals surface area contributed by atoms with Crippen LogP contribution in [0.1, 0.15) is 48.5 Å². The maximum Gasteiger partial charge on any atom is 0.0655 e. The van der Waals surface area contributed by atoms with E-state index in [4.69, 9.17) is 4.74 Å². The first kappa shape index (κ1) is 13.0. The Labute approximate surface area is 83.9 Å². The Hall–Kier alpha value is -0.0400. The molecular formula is C12H26O. The highest BCUT2D eigenvalue weighted by Crippen LogP contribution is 2.38. The molecule has 0 amide bonds. The Morgan fingerprint density at radius 3 is 1.85 bits per heavy atom. The topological polar surface area (TPSA) is 9.23 Å². The van der Waals surface area contributed by atoms with Gasteiger partial charge in [-0.05, 0) is 31.6 Å². The Kier molecular flexibility index (Phi) is 4.98. The van der Waals surface area contributed by atoms with Crippen molar-refractivity contribution < 1.29 is 4.74 Å². The van der Waals surface area contributed by atoms with Crippen LogP contribution in [0, 0.1) is 17.8 Å². The predicted octanol–water partition coefficient (Wildman–Crippen LogP) is 3.73. The minimum atomic E-state index is 0.106. The lowest BCUT2D eigenvalue weighted by molar-refractivity contribution is 0.0152. The van der Waals surface area contributed by atoms with Gasteiger partial charge in [0.15, 0.2) is 0 Å². The summed E-state index contributed by atoms with van der Waals surface area (Å²) in [5, 5.41) is 0. The van der Waals surface area contributed by atoms with Crippen molar-refractivity contribution in [1.29, 1.82) is 0 Å². The number of rotatable bonds is 1. The fourth-order valence-electron chi connectivity index (χ4n) is 1.87. The summed E-state index contributed by atoms with van der Waals surface area (Å²) in [6.07, 6.45) is 0. The van der Waals surface area contributed by atoms with Gasteiger partial charge >= 0.3 is 0 Å². The van der Waals surface area contributed by atoms with E-state index in [9.17, 15) is 0 Å². The van der Waals surface area contributed by atoms with Crippen LogP contribution in [0.15, 0.2) is 0 Å². The molecule has 13 heavy (non-hydrogen) atoms. The van der Waals surface area contributed by atoms with E-state index < -0.39 is 0 Å². The molecule has 1 nitrogen and oxygen atoms in total. The van der Waals surface area contributed by atoms with E-state index in [1.54, 1.807) is 0 Å². The minimum absolute atomic E-state index is 0.106. The standard InChI is InChI=1S/C10H20O.C2H6/c1-7(2)9-6-11-10(4,5)8(9)3;1-2/h7-9H,6H2,1-5H3;1-2H3/t8-,9+;/m0./s1. The fraction of sp³-hybridized carbons (Fsp3) is 1.00. The summed E-state index contributed by atoms with van der Waals surface area (Å²) in [4.78, 5) is 0. The van der Waals surface area contributed by atoms with Crippen LogP contribution in [0.3, 0.4) is 0 Å². The molecule has 0 aromatic heterocycles. The Morgan fingerprint density at radius 2 is 1.69 bits per heavy atom. The van der Waals surface area contributed by atoms with Crippen molar-refractivity contribution in [2.75, 3.05) is 6.61 Å². The second kappa shape index (κ2) is 4.99. The van der Waals surface area contributed by atoms with Crippen LogP contribution in [0.25, 0.3) is 0 Å². The highest BCUT2D eigenvalue weighted by Gasteiger charge is 2.40. The molecule has 0 N–H and O–H groups in total. The molecule has 0 radical (unpaired) electrons. The van der Waals surface area contributed by atoms with Gasteiger partial charge in [-0.3, -0.25) is 0 Å². The first-order valence-electron chi connectivity index (χ1n) is 5.59. The zero-order chi connectivity index (χ0) is 10.6. The van der Waals surface area contributed by atoms with Crippen molar-refractivity contribution in [1.82, 2.24) is 0 Å². The zero-order valence-corrected chi connectivity index (χ0v) is 10.3. The smallest absolute Gasteiger partial charge is 0.0655 e. The molecule has 1 rings (SSSR count). The van der Waals surface area contributed by atoms with Crippen LogP contribution in [-0.2, 0) is 4.74 Å². The van der Waals surface area contributed by atoms with Crippen LogP contribution >= 0.6 is 0 Å². The van der Waals surface area contributed by atoms with Gasteiger partial charge < -0.3 is 4.74 Å². The zero-order valence-electron chi connectivity index (χ0n) is 10.3. The van der Waals surface area contributed by atoms with E-state index in [0.717, 1.165) is 18.4 Å². The molecule has 0 bridgehead atoms. The van der Waals surface area contributed by atoms with Gasteiger partial charge in [-0.25, -0.2) is 0 Å². The molecule has 1 fully saturated rings. The Bertz CT molecular complexity index is 138. The first-order chi connectivity index (χ1) is 5.95. The third-order valence-electron chi connectivity index (χ3n) is 3.24. The molecule has 0 unspecified atom stereocenters. The molecule has 80 valence electrons. The summed E-state index contributed by atoms with van der Waals surface area (Å²) >= 11 is 0. The molecule has 0 aromatic carbocycles. The first-order valence-corrected chi connectivity index (χ1v) is 5.59. The third-order valence-corrected chi connectivity index (χ3v) is 3.24. The van der Waals surface area contributed by atoms with Crippen molar-refractivity contribution in [3.8, 4) is 0 Å². The van der Waals surface area contributed by atoms with Gasteiger partial charge in [-0.1, -0.05) is 34.6 Å². The lowest BCUT2D eigenvalue weighted by Gasteiger charge is -2.26. The van der Waals surface area contributed by atoms with E-state index in [0.29, 0.717) is 5.92 Å². The predicted molar refractivity (Wildman–Crippen MR) is 58.9 cm³/mol. The molecule has 1 aliphatic heterocycles. The molecule has 0 spiro atoms. The maximum absolute atomic E-state index is 5.73. The van der Waals surface area contributed by atoms with Crippen LogP contribution in [0.2, 0.25) is 0 Å². The summed E-state index contributed by atoms with van der Waals surface area (Å²) in [6, 6.07) is 0. The van der Waals surface area contributed by atoms with Gasteiger partial charge in [0, 0.05) is 0 Å². The molecule has 1 aliphatic rings. The van der Waals surface area contributed by atoms with Gasteiger partial charge in [0.1, 0.15) is 0 Å². The van der Waals surface area contributed by atoms with E-state index in [-0.39, 0.29) is 5.60 Å². The monoisotopic (exact) mass is 186 g/mol. The van der Waals surface area contributed by atoms with Gasteiger partial charge in [0.05, 0.1) is 12.2 Å². The summed E-state index contributed by atoms with van der Waals surface area (Å²) in [7, 11) is 0. The van der Waals surface area contributed by atoms with Crippen molar-refractivity contribution in [3.05, 3.63) is 0 Å². The molecule has 0 aliphatic carbocycles. The molecule has 1 heterocycles. The second-order valence-electron chi connectivity index (χ2n) is 4.61. The van der Waals surface area contributed by atoms with Crippen LogP contribution in [0.5, 0.6) is 0 Å². The molecule has 1 saturated heterocycles. The minimum Gasteiger partial charge on any atom is -0.375 e. The van der Waals surface area contributed by atoms with Gasteiger partial charge in [0.2, 0.25) is 0 Å². The summed E-state index contributed by atoms with van der Waals surface area (Å²) < 4.78 is 5.73. The summed E-state index contributed by atoms with van der Waals surface area (Å²) in [5.41, 5.74) is 0.106. The van der Waals surface area contributed by atoms with Crippen molar-refractivity contribution in [2.24, 2.45) is 17.8 Å². The second-order valence-corrected chi connectivity index (χ2v) is 4.61. The summed E-state index contributed by atoms with van der Waals surface area (Å²) in [6.45, 7) is 16.2. The van der Waals surface area contributed by atoms with Crippen molar-refractivity contribution >= 4 is 0 Å². The number of ether oxygens (including phenoxy) is 1. The van der Waals surface area contributed by atoms with Gasteiger partial charge in [0.25, 0.3) is 0 Å². The van der Waals surface area contributed by atoms with Crippen molar-refractivity contribution in [3.63, 3.8) is 0 Å². The Morgan fingerprint density at radius 1 is 1.23 bits per heavy atom. The molecular weight excluding hydrogens is 160 g/mol. The average molecular weight is 186 g/mol. The van der Waals surface area contributed by atoms with Crippen LogP contribution in [-0.4, -0.2) is 12.2 Å². The van der Waals surface area contributed by atoms with E-state index >= 15 is 0 Å². The molecule has 1 heteroatoms. The van der Waals surface area contributed by atoms with Crippen molar-refractivity contribution in [2.45, 2.75) is 54.1 Å². The van der Waals surface area contributed by atoms with Crippen LogP contribution in [0.4, 0.5) is 0 Å². The largest absolute Gasteiger partial charge is 0.375 e. The molecule has 0 aromatic rings. The van der Waals surface area contributed by atoms with Crippen LogP contribution < -0.4 is 0 Å². The highest BCUT2D eigenvalue weighted by atomic mass is 16.5. The lowest BCUT2D eigenvalue weighted by atomic mass is 9.79. The fourth-order valence-corrected chi connectivity index (χ4v) is 1.87. The van der Waals surface area contributed by atoms with E-state index in [1.165, 1.54) is 0 Å². The normalized spacial score (nSPS) is 31.4. The van der Waals surface area contributed by atoms with E-state index in [1.807, 2.05) is 13.8 Å². The number of hydrogen-bond donors (Lipinski definition) is 0. The average Bonchev–Trinajstić information content (AvgIpc) is 2.32. The number of hydrogen-bond acceptors (Lipinski definition) is 1. The van der Waals surface area contributed by atoms with Gasteiger partial charge in [-0.15, -0.1) is 0 Å². The molecule has 2 atom stereocenters. The SMILES string of the molecule is CC.CC(C)[C@H]1COC(C)(C)[C@H]1C. The van der Waals surface area contributed by atoms with Gasteiger partial charge in [-0.2, -0.15) is 0 Å². The van der Waals surface area contributed by atoms with E-state index in [2.05, 4.69) is 34.6 Å². The summed E-state index contributed by atoms with van der Waals surface area (Å²) in [5.74, 6) is 2.21. The third kappa shape index (κ3) is 2.98.